The van der Waals surface area contributed by atoms with Crippen molar-refractivity contribution in [3.8, 4) is 0 Å². The molecule has 0 aliphatic heterocycles. The molecule has 0 spiro atoms. The van der Waals surface area contributed by atoms with Gasteiger partial charge in [0.2, 0.25) is 0 Å². The Hall–Kier alpha value is -4.53. The standard InChI is InChI=1S/C51H77NO7/c1-6-8-10-12-14-16-18-20-21-22-23-24-25-26-27-28-30-31-33-35-37-39-41-49(53)58-46-47(45-57-44-43-48(51(55)56)52(3,4)5)59-50(54)42-40-38-36-34-32-29-19-17-15-13-11-9-7-2/h8-11,13-17,19-21,23-24,26-27,29-32,34,36,47-48H,6-7,12,18,22,25,28,33,35,37-46H2,1-5H3/b10-8+,11-9+,15-13+,16-14+,19-17+,21-20+,24-23+,27-26+,31-30+,32-29+,36-34+. The van der Waals surface area contributed by atoms with Gasteiger partial charge in [-0.3, -0.25) is 9.59 Å². The van der Waals surface area contributed by atoms with Gasteiger partial charge in [0.25, 0.3) is 0 Å². The van der Waals surface area contributed by atoms with E-state index in [4.69, 9.17) is 14.2 Å². The molecule has 0 heterocycles. The van der Waals surface area contributed by atoms with Crippen LogP contribution in [0.5, 0.6) is 0 Å². The summed E-state index contributed by atoms with van der Waals surface area (Å²) in [6.07, 6.45) is 57.8. The van der Waals surface area contributed by atoms with Crippen LogP contribution in [0.1, 0.15) is 117 Å². The maximum atomic E-state index is 12.7. The van der Waals surface area contributed by atoms with Crippen LogP contribution < -0.4 is 5.11 Å². The number of esters is 2. The van der Waals surface area contributed by atoms with Crippen molar-refractivity contribution in [3.05, 3.63) is 134 Å². The lowest BCUT2D eigenvalue weighted by atomic mass is 10.1. The van der Waals surface area contributed by atoms with Crippen molar-refractivity contribution in [2.45, 2.75) is 129 Å². The predicted molar refractivity (Wildman–Crippen MR) is 244 cm³/mol. The highest BCUT2D eigenvalue weighted by Gasteiger charge is 2.25. The lowest BCUT2D eigenvalue weighted by Crippen LogP contribution is -2.55. The Morgan fingerprint density at radius 1 is 0.525 bits per heavy atom. The Labute approximate surface area is 358 Å². The van der Waals surface area contributed by atoms with Crippen LogP contribution in [0.25, 0.3) is 0 Å². The van der Waals surface area contributed by atoms with Gasteiger partial charge in [0.05, 0.1) is 40.3 Å². The highest BCUT2D eigenvalue weighted by molar-refractivity contribution is 5.70. The van der Waals surface area contributed by atoms with E-state index in [2.05, 4.69) is 92.8 Å². The lowest BCUT2D eigenvalue weighted by molar-refractivity contribution is -0.889. The summed E-state index contributed by atoms with van der Waals surface area (Å²) in [5.74, 6) is -1.90. The molecule has 0 fully saturated rings. The van der Waals surface area contributed by atoms with Gasteiger partial charge in [0.15, 0.2) is 6.10 Å². The number of ether oxygens (including phenoxy) is 3. The van der Waals surface area contributed by atoms with E-state index < -0.39 is 24.1 Å². The summed E-state index contributed by atoms with van der Waals surface area (Å²) in [4.78, 5) is 36.8. The number of rotatable bonds is 36. The maximum Gasteiger partial charge on any atom is 0.306 e. The molecular formula is C51H77NO7. The average molecular weight is 816 g/mol. The largest absolute Gasteiger partial charge is 0.544 e. The van der Waals surface area contributed by atoms with Crippen LogP contribution in [-0.4, -0.2) is 75.5 Å². The third-order valence-corrected chi connectivity index (χ3v) is 8.66. The molecule has 0 aromatic carbocycles. The van der Waals surface area contributed by atoms with E-state index in [1.807, 2.05) is 54.7 Å². The lowest BCUT2D eigenvalue weighted by Gasteiger charge is -2.34. The van der Waals surface area contributed by atoms with E-state index in [1.165, 1.54) is 0 Å². The van der Waals surface area contributed by atoms with Crippen LogP contribution in [0, 0.1) is 0 Å². The first-order valence-electron chi connectivity index (χ1n) is 21.8. The summed E-state index contributed by atoms with van der Waals surface area (Å²) in [6.45, 7) is 4.24. The number of carboxylic acids is 1. The third-order valence-electron chi connectivity index (χ3n) is 8.66. The van der Waals surface area contributed by atoms with Gasteiger partial charge in [-0.15, -0.1) is 0 Å². The fourth-order valence-corrected chi connectivity index (χ4v) is 5.34. The number of hydrogen-bond donors (Lipinski definition) is 0. The Balaban J connectivity index is 4.50. The van der Waals surface area contributed by atoms with Crippen LogP contribution in [0.15, 0.2) is 134 Å². The van der Waals surface area contributed by atoms with Crippen LogP contribution in [0.3, 0.4) is 0 Å². The van der Waals surface area contributed by atoms with Gasteiger partial charge < -0.3 is 28.6 Å². The smallest absolute Gasteiger partial charge is 0.306 e. The molecule has 0 N–H and O–H groups in total. The fraction of sp³-hybridized carbons (Fsp3) is 0.510. The minimum Gasteiger partial charge on any atom is -0.544 e. The molecule has 59 heavy (non-hydrogen) atoms. The van der Waals surface area contributed by atoms with Gasteiger partial charge >= 0.3 is 11.9 Å². The highest BCUT2D eigenvalue weighted by atomic mass is 16.6. The molecule has 8 heteroatoms. The summed E-state index contributed by atoms with van der Waals surface area (Å²) >= 11 is 0. The normalized spacial score (nSPS) is 14.3. The minimum atomic E-state index is -1.15. The Bertz CT molecular complexity index is 1420. The van der Waals surface area contributed by atoms with E-state index in [9.17, 15) is 19.5 Å². The fourth-order valence-electron chi connectivity index (χ4n) is 5.34. The third kappa shape index (κ3) is 38.7. The zero-order chi connectivity index (χ0) is 43.5. The van der Waals surface area contributed by atoms with Gasteiger partial charge in [-0.05, 0) is 77.0 Å². The van der Waals surface area contributed by atoms with E-state index in [-0.39, 0.29) is 49.5 Å². The molecule has 8 nitrogen and oxygen atoms in total. The summed E-state index contributed by atoms with van der Waals surface area (Å²) in [7, 11) is 5.35. The van der Waals surface area contributed by atoms with Crippen molar-refractivity contribution in [2.75, 3.05) is 41.0 Å². The SMILES string of the molecule is CC/C=C/C=C/C=C/C=C/C=C/CCCC(=O)OC(COCCC(C(=O)[O-])[N+](C)(C)C)COC(=O)CCCCC/C=C/C/C=C/C/C=C/C/C=C/C/C=C/C/C=C/CC. The van der Waals surface area contributed by atoms with Gasteiger partial charge in [0.1, 0.15) is 12.6 Å². The first kappa shape index (κ1) is 54.5. The quantitative estimate of drug-likeness (QED) is 0.0204. The molecule has 2 unspecified atom stereocenters. The molecular weight excluding hydrogens is 739 g/mol. The molecule has 0 amide bonds. The summed E-state index contributed by atoms with van der Waals surface area (Å²) < 4.78 is 17.0. The molecule has 0 bridgehead atoms. The molecule has 0 radical (unpaired) electrons. The number of unbranched alkanes of at least 4 members (excludes halogenated alkanes) is 4. The van der Waals surface area contributed by atoms with Crippen LogP contribution in [0.2, 0.25) is 0 Å². The number of quaternary nitrogens is 1. The van der Waals surface area contributed by atoms with Crippen LogP contribution in [-0.2, 0) is 28.6 Å². The minimum absolute atomic E-state index is 0.00974. The molecule has 2 atom stereocenters. The van der Waals surface area contributed by atoms with Gasteiger partial charge in [0, 0.05) is 19.3 Å². The first-order chi connectivity index (χ1) is 28.6. The number of carbonyl (C=O) groups excluding carboxylic acids is 3. The van der Waals surface area contributed by atoms with Gasteiger partial charge in [-0.1, -0.05) is 154 Å². The Morgan fingerprint density at radius 3 is 1.53 bits per heavy atom. The molecule has 0 aliphatic rings. The zero-order valence-corrected chi connectivity index (χ0v) is 37.1. The molecule has 328 valence electrons. The summed E-state index contributed by atoms with van der Waals surface area (Å²) in [6, 6.07) is -0.753. The summed E-state index contributed by atoms with van der Waals surface area (Å²) in [5.41, 5.74) is 0. The summed E-state index contributed by atoms with van der Waals surface area (Å²) in [5, 5.41) is 11.6. The van der Waals surface area contributed by atoms with Gasteiger partial charge in [-0.25, -0.2) is 0 Å². The van der Waals surface area contributed by atoms with Crippen molar-refractivity contribution in [2.24, 2.45) is 0 Å². The van der Waals surface area contributed by atoms with Crippen molar-refractivity contribution >= 4 is 17.9 Å². The van der Waals surface area contributed by atoms with Crippen molar-refractivity contribution < 1.29 is 38.2 Å². The monoisotopic (exact) mass is 816 g/mol. The van der Waals surface area contributed by atoms with Crippen molar-refractivity contribution in [1.29, 1.82) is 0 Å². The average Bonchev–Trinajstić information content (AvgIpc) is 3.19. The van der Waals surface area contributed by atoms with E-state index in [0.29, 0.717) is 19.3 Å². The van der Waals surface area contributed by atoms with Crippen LogP contribution >= 0.6 is 0 Å². The van der Waals surface area contributed by atoms with E-state index in [0.717, 1.165) is 64.2 Å². The molecule has 0 saturated carbocycles. The number of allylic oxidation sites excluding steroid dienone is 22. The van der Waals surface area contributed by atoms with Gasteiger partial charge in [-0.2, -0.15) is 0 Å². The van der Waals surface area contributed by atoms with E-state index in [1.54, 1.807) is 21.1 Å². The second-order valence-corrected chi connectivity index (χ2v) is 14.9. The molecule has 0 rings (SSSR count). The van der Waals surface area contributed by atoms with Crippen molar-refractivity contribution in [1.82, 2.24) is 0 Å². The molecule has 0 aromatic rings. The molecule has 0 aliphatic carbocycles. The number of aliphatic carboxylic acids is 1. The highest BCUT2D eigenvalue weighted by Crippen LogP contribution is 2.10. The number of carbonyl (C=O) groups is 3. The number of carboxylic acid groups (broad SMARTS) is 1. The molecule has 0 aromatic heterocycles. The number of nitrogens with zero attached hydrogens (tertiary/aromatic N) is 1. The van der Waals surface area contributed by atoms with Crippen LogP contribution in [0.4, 0.5) is 0 Å². The second kappa shape index (κ2) is 40.3. The first-order valence-corrected chi connectivity index (χ1v) is 21.8. The zero-order valence-electron chi connectivity index (χ0n) is 37.1. The van der Waals surface area contributed by atoms with E-state index >= 15 is 0 Å². The topological polar surface area (TPSA) is 102 Å². The number of likely N-dealkylation sites (N-methyl/N-ethyl adjacent to an activating group) is 1. The molecule has 0 saturated heterocycles. The Morgan fingerprint density at radius 2 is 1.00 bits per heavy atom. The van der Waals surface area contributed by atoms with Crippen molar-refractivity contribution in [3.63, 3.8) is 0 Å². The second-order valence-electron chi connectivity index (χ2n) is 14.9. The predicted octanol–water partition coefficient (Wildman–Crippen LogP) is 10.7. The Kier molecular flexibility index (Phi) is 37.2. The maximum absolute atomic E-state index is 12.7. The number of hydrogen-bond acceptors (Lipinski definition) is 7.